The molecular formula is C25H31N3O4. The van der Waals surface area contributed by atoms with E-state index in [2.05, 4.69) is 18.8 Å². The van der Waals surface area contributed by atoms with E-state index in [1.165, 1.54) is 7.11 Å². The van der Waals surface area contributed by atoms with E-state index in [9.17, 15) is 9.59 Å². The molecule has 0 aliphatic carbocycles. The van der Waals surface area contributed by atoms with Crippen molar-refractivity contribution in [2.24, 2.45) is 0 Å². The number of fused-ring (bicyclic) bond motifs is 1. The summed E-state index contributed by atoms with van der Waals surface area (Å²) in [6, 6.07) is 13.3. The maximum Gasteiger partial charge on any atom is 0.337 e. The first-order valence-corrected chi connectivity index (χ1v) is 11.1. The molecule has 7 nitrogen and oxygen atoms in total. The number of esters is 1. The van der Waals surface area contributed by atoms with Gasteiger partial charge in [-0.1, -0.05) is 26.0 Å². The number of hydrogen-bond donors (Lipinski definition) is 0. The number of rotatable bonds is 10. The summed E-state index contributed by atoms with van der Waals surface area (Å²) >= 11 is 0. The van der Waals surface area contributed by atoms with E-state index < -0.39 is 0 Å². The van der Waals surface area contributed by atoms with Crippen molar-refractivity contribution in [2.45, 2.75) is 40.2 Å². The third-order valence-electron chi connectivity index (χ3n) is 5.22. The van der Waals surface area contributed by atoms with E-state index in [1.807, 2.05) is 46.7 Å². The van der Waals surface area contributed by atoms with Crippen LogP contribution in [0.2, 0.25) is 0 Å². The molecule has 0 atom stereocenters. The van der Waals surface area contributed by atoms with Crippen LogP contribution in [0.5, 0.6) is 6.01 Å². The number of imidazole rings is 1. The maximum absolute atomic E-state index is 13.1. The predicted molar refractivity (Wildman–Crippen MR) is 124 cm³/mol. The van der Waals surface area contributed by atoms with E-state index in [-0.39, 0.29) is 11.9 Å². The molecule has 1 heterocycles. The van der Waals surface area contributed by atoms with Crippen LogP contribution in [0.4, 0.5) is 0 Å². The molecule has 7 heteroatoms. The van der Waals surface area contributed by atoms with Crippen molar-refractivity contribution in [3.8, 4) is 6.01 Å². The lowest BCUT2D eigenvalue weighted by atomic mass is 10.1. The minimum atomic E-state index is -0.369. The minimum absolute atomic E-state index is 0.0312. The molecule has 1 amide bonds. The fourth-order valence-corrected chi connectivity index (χ4v) is 3.71. The molecule has 0 saturated heterocycles. The quantitative estimate of drug-likeness (QED) is 0.436. The molecule has 2 aromatic carbocycles. The Morgan fingerprint density at radius 1 is 0.969 bits per heavy atom. The fraction of sp³-hybridized carbons (Fsp3) is 0.400. The molecule has 0 unspecified atom stereocenters. The molecule has 0 aliphatic rings. The highest BCUT2D eigenvalue weighted by Crippen LogP contribution is 2.25. The van der Waals surface area contributed by atoms with Crippen LogP contribution in [-0.2, 0) is 11.3 Å². The van der Waals surface area contributed by atoms with Crippen molar-refractivity contribution in [3.05, 3.63) is 59.2 Å². The molecule has 1 aromatic heterocycles. The molecular weight excluding hydrogens is 406 g/mol. The first kappa shape index (κ1) is 23.3. The van der Waals surface area contributed by atoms with Crippen molar-refractivity contribution in [3.63, 3.8) is 0 Å². The van der Waals surface area contributed by atoms with Gasteiger partial charge in [-0.05, 0) is 55.7 Å². The van der Waals surface area contributed by atoms with E-state index in [4.69, 9.17) is 9.47 Å². The molecule has 3 rings (SSSR count). The average molecular weight is 438 g/mol. The van der Waals surface area contributed by atoms with Gasteiger partial charge in [-0.15, -0.1) is 0 Å². The Labute approximate surface area is 188 Å². The number of ether oxygens (including phenoxy) is 2. The molecule has 0 spiro atoms. The summed E-state index contributed by atoms with van der Waals surface area (Å²) in [6.07, 6.45) is 1.84. The molecule has 170 valence electrons. The summed E-state index contributed by atoms with van der Waals surface area (Å²) in [5.74, 6) is -0.338. The Morgan fingerprint density at radius 2 is 1.62 bits per heavy atom. The SMILES string of the molecule is CCCN(CCC)C(=O)c1ccc2nc(OCC)n(Cc3ccc(C(=O)OC)cc3)c2c1. The summed E-state index contributed by atoms with van der Waals surface area (Å²) in [4.78, 5) is 31.4. The normalized spacial score (nSPS) is 10.9. The first-order chi connectivity index (χ1) is 15.5. The number of carbonyl (C=O) groups excluding carboxylic acids is 2. The zero-order chi connectivity index (χ0) is 23.1. The third kappa shape index (κ3) is 5.10. The number of aromatic nitrogens is 2. The van der Waals surface area contributed by atoms with Crippen LogP contribution in [0.3, 0.4) is 0 Å². The lowest BCUT2D eigenvalue weighted by Crippen LogP contribution is -2.32. The second-order valence-corrected chi connectivity index (χ2v) is 7.60. The van der Waals surface area contributed by atoms with Gasteiger partial charge in [0.25, 0.3) is 11.9 Å². The van der Waals surface area contributed by atoms with Crippen LogP contribution in [0, 0.1) is 0 Å². The van der Waals surface area contributed by atoms with Crippen LogP contribution in [0.25, 0.3) is 11.0 Å². The molecule has 32 heavy (non-hydrogen) atoms. The lowest BCUT2D eigenvalue weighted by molar-refractivity contribution is 0.0600. The van der Waals surface area contributed by atoms with Crippen molar-refractivity contribution >= 4 is 22.9 Å². The Kier molecular flexibility index (Phi) is 7.87. The molecule has 0 fully saturated rings. The second-order valence-electron chi connectivity index (χ2n) is 7.60. The zero-order valence-electron chi connectivity index (χ0n) is 19.3. The van der Waals surface area contributed by atoms with E-state index >= 15 is 0 Å². The minimum Gasteiger partial charge on any atom is -0.465 e. The van der Waals surface area contributed by atoms with Crippen LogP contribution >= 0.6 is 0 Å². The Balaban J connectivity index is 1.98. The zero-order valence-corrected chi connectivity index (χ0v) is 19.3. The van der Waals surface area contributed by atoms with Gasteiger partial charge in [0.15, 0.2) is 0 Å². The van der Waals surface area contributed by atoms with Crippen LogP contribution in [0.1, 0.15) is 59.9 Å². The summed E-state index contributed by atoms with van der Waals surface area (Å²) in [7, 11) is 1.36. The monoisotopic (exact) mass is 437 g/mol. The molecule has 3 aromatic rings. The first-order valence-electron chi connectivity index (χ1n) is 11.1. The molecule has 0 aliphatic heterocycles. The third-order valence-corrected chi connectivity index (χ3v) is 5.22. The number of amides is 1. The molecule has 0 radical (unpaired) electrons. The van der Waals surface area contributed by atoms with Gasteiger partial charge >= 0.3 is 5.97 Å². The van der Waals surface area contributed by atoms with E-state index in [0.717, 1.165) is 42.5 Å². The van der Waals surface area contributed by atoms with Gasteiger partial charge in [-0.3, -0.25) is 9.36 Å². The molecule has 0 bridgehead atoms. The largest absolute Gasteiger partial charge is 0.465 e. The second kappa shape index (κ2) is 10.8. The van der Waals surface area contributed by atoms with E-state index in [1.54, 1.807) is 12.1 Å². The van der Waals surface area contributed by atoms with Gasteiger partial charge in [-0.2, -0.15) is 4.98 Å². The topological polar surface area (TPSA) is 73.7 Å². The Bertz CT molecular complexity index is 1070. The van der Waals surface area contributed by atoms with E-state index in [0.29, 0.717) is 30.3 Å². The highest BCUT2D eigenvalue weighted by atomic mass is 16.5. The average Bonchev–Trinajstić information content (AvgIpc) is 3.15. The van der Waals surface area contributed by atoms with Gasteiger partial charge < -0.3 is 14.4 Å². The number of carbonyl (C=O) groups is 2. The van der Waals surface area contributed by atoms with Crippen molar-refractivity contribution < 1.29 is 19.1 Å². The van der Waals surface area contributed by atoms with Gasteiger partial charge in [0.1, 0.15) is 0 Å². The number of methoxy groups -OCH3 is 1. The summed E-state index contributed by atoms with van der Waals surface area (Å²) < 4.78 is 12.5. The number of benzene rings is 2. The van der Waals surface area contributed by atoms with Crippen LogP contribution < -0.4 is 4.74 Å². The molecule has 0 saturated carbocycles. The maximum atomic E-state index is 13.1. The Hall–Kier alpha value is -3.35. The van der Waals surface area contributed by atoms with Gasteiger partial charge in [0.05, 0.1) is 36.9 Å². The predicted octanol–water partition coefficient (Wildman–Crippen LogP) is 4.53. The van der Waals surface area contributed by atoms with Gasteiger partial charge in [-0.25, -0.2) is 4.79 Å². The smallest absolute Gasteiger partial charge is 0.337 e. The number of hydrogen-bond acceptors (Lipinski definition) is 5. The number of nitrogens with zero attached hydrogens (tertiary/aromatic N) is 3. The van der Waals surface area contributed by atoms with Gasteiger partial charge in [0, 0.05) is 18.7 Å². The van der Waals surface area contributed by atoms with Gasteiger partial charge in [0.2, 0.25) is 0 Å². The Morgan fingerprint density at radius 3 is 2.22 bits per heavy atom. The van der Waals surface area contributed by atoms with Crippen LogP contribution in [-0.4, -0.2) is 53.1 Å². The highest BCUT2D eigenvalue weighted by molar-refractivity contribution is 5.97. The summed E-state index contributed by atoms with van der Waals surface area (Å²) in [5.41, 5.74) is 3.73. The summed E-state index contributed by atoms with van der Waals surface area (Å²) in [5, 5.41) is 0. The lowest BCUT2D eigenvalue weighted by Gasteiger charge is -2.21. The highest BCUT2D eigenvalue weighted by Gasteiger charge is 2.18. The van der Waals surface area contributed by atoms with Crippen molar-refractivity contribution in [1.82, 2.24) is 14.5 Å². The fourth-order valence-electron chi connectivity index (χ4n) is 3.71. The molecule has 0 N–H and O–H groups in total. The van der Waals surface area contributed by atoms with Crippen LogP contribution in [0.15, 0.2) is 42.5 Å². The standard InChI is InChI=1S/C25H31N3O4/c1-5-14-27(15-6-2)23(29)20-12-13-21-22(16-20)28(25(26-21)32-7-3)17-18-8-10-19(11-9-18)24(30)31-4/h8-13,16H,5-7,14-15,17H2,1-4H3. The van der Waals surface area contributed by atoms with Crippen molar-refractivity contribution in [1.29, 1.82) is 0 Å². The summed E-state index contributed by atoms with van der Waals surface area (Å²) in [6.45, 7) is 8.52. The van der Waals surface area contributed by atoms with Crippen molar-refractivity contribution in [2.75, 3.05) is 26.8 Å².